The van der Waals surface area contributed by atoms with Crippen LogP contribution in [0.2, 0.25) is 0 Å². The van der Waals surface area contributed by atoms with E-state index in [-0.39, 0.29) is 0 Å². The summed E-state index contributed by atoms with van der Waals surface area (Å²) in [6.45, 7) is 3.74. The molecule has 0 saturated heterocycles. The molecular weight excluding hydrogens is 208 g/mol. The number of aromatic nitrogens is 3. The molecule has 0 aliphatic carbocycles. The number of hydrogen-bond acceptors (Lipinski definition) is 4. The summed E-state index contributed by atoms with van der Waals surface area (Å²) in [6, 6.07) is 2.14. The quantitative estimate of drug-likeness (QED) is 0.852. The highest BCUT2D eigenvalue weighted by atomic mass is 32.1. The molecule has 0 bridgehead atoms. The third-order valence-corrected chi connectivity index (χ3v) is 3.21. The van der Waals surface area contributed by atoms with Crippen LogP contribution in [0.1, 0.15) is 16.3 Å². The van der Waals surface area contributed by atoms with Crippen LogP contribution in [0.3, 0.4) is 0 Å². The molecule has 0 spiro atoms. The SMILES string of the molecule is Cc1ccsc1CNCc1ncn(C)n1. The first-order valence-electron chi connectivity index (χ1n) is 4.84. The molecule has 0 aliphatic rings. The molecular formula is C10H14N4S. The van der Waals surface area contributed by atoms with Gasteiger partial charge in [0.15, 0.2) is 5.82 Å². The Kier molecular flexibility index (Phi) is 3.13. The smallest absolute Gasteiger partial charge is 0.164 e. The van der Waals surface area contributed by atoms with Crippen LogP contribution in [0, 0.1) is 6.92 Å². The molecule has 0 unspecified atom stereocenters. The van der Waals surface area contributed by atoms with E-state index in [0.717, 1.165) is 18.9 Å². The van der Waals surface area contributed by atoms with E-state index in [4.69, 9.17) is 0 Å². The normalized spacial score (nSPS) is 10.8. The Balaban J connectivity index is 1.83. The van der Waals surface area contributed by atoms with E-state index in [2.05, 4.69) is 33.8 Å². The zero-order valence-corrected chi connectivity index (χ0v) is 9.71. The van der Waals surface area contributed by atoms with Gasteiger partial charge in [0.2, 0.25) is 0 Å². The molecule has 80 valence electrons. The number of thiophene rings is 1. The highest BCUT2D eigenvalue weighted by Gasteiger charge is 2.01. The van der Waals surface area contributed by atoms with Gasteiger partial charge in [0.1, 0.15) is 6.33 Å². The lowest BCUT2D eigenvalue weighted by Crippen LogP contribution is -2.13. The van der Waals surface area contributed by atoms with Crippen molar-refractivity contribution in [2.24, 2.45) is 7.05 Å². The van der Waals surface area contributed by atoms with E-state index < -0.39 is 0 Å². The average Bonchev–Trinajstić information content (AvgIpc) is 2.77. The first kappa shape index (κ1) is 10.3. The molecule has 2 aromatic rings. The minimum atomic E-state index is 0.720. The summed E-state index contributed by atoms with van der Waals surface area (Å²) in [5, 5.41) is 9.65. The summed E-state index contributed by atoms with van der Waals surface area (Å²) in [4.78, 5) is 5.53. The Hall–Kier alpha value is -1.20. The van der Waals surface area contributed by atoms with Gasteiger partial charge in [-0.3, -0.25) is 4.68 Å². The van der Waals surface area contributed by atoms with Gasteiger partial charge in [0.25, 0.3) is 0 Å². The molecule has 0 atom stereocenters. The van der Waals surface area contributed by atoms with Gasteiger partial charge in [-0.1, -0.05) is 0 Å². The van der Waals surface area contributed by atoms with Gasteiger partial charge in [-0.2, -0.15) is 5.10 Å². The summed E-state index contributed by atoms with van der Waals surface area (Å²) in [5.41, 5.74) is 1.35. The second-order valence-corrected chi connectivity index (χ2v) is 4.47. The number of nitrogens with zero attached hydrogens (tertiary/aromatic N) is 3. The first-order chi connectivity index (χ1) is 7.25. The van der Waals surface area contributed by atoms with Gasteiger partial charge in [0, 0.05) is 18.5 Å². The van der Waals surface area contributed by atoms with E-state index in [1.807, 2.05) is 7.05 Å². The van der Waals surface area contributed by atoms with E-state index in [1.165, 1.54) is 10.4 Å². The van der Waals surface area contributed by atoms with Crippen LogP contribution in [0.15, 0.2) is 17.8 Å². The molecule has 4 nitrogen and oxygen atoms in total. The van der Waals surface area contributed by atoms with E-state index >= 15 is 0 Å². The fourth-order valence-corrected chi connectivity index (χ4v) is 2.21. The number of nitrogens with one attached hydrogen (secondary N) is 1. The molecule has 2 heterocycles. The lowest BCUT2D eigenvalue weighted by Gasteiger charge is -2.00. The Morgan fingerprint density at radius 2 is 2.33 bits per heavy atom. The first-order valence-corrected chi connectivity index (χ1v) is 5.72. The highest BCUT2D eigenvalue weighted by Crippen LogP contribution is 2.14. The fraction of sp³-hybridized carbons (Fsp3) is 0.400. The zero-order valence-electron chi connectivity index (χ0n) is 8.90. The summed E-state index contributed by atoms with van der Waals surface area (Å²) >= 11 is 1.78. The standard InChI is InChI=1S/C10H14N4S/c1-8-3-4-15-9(8)5-11-6-10-12-7-14(2)13-10/h3-4,7,11H,5-6H2,1-2H3. The molecule has 0 radical (unpaired) electrons. The molecule has 2 aromatic heterocycles. The lowest BCUT2D eigenvalue weighted by atomic mass is 10.3. The molecule has 15 heavy (non-hydrogen) atoms. The van der Waals surface area contributed by atoms with Gasteiger partial charge < -0.3 is 5.32 Å². The fourth-order valence-electron chi connectivity index (χ4n) is 1.34. The van der Waals surface area contributed by atoms with E-state index in [1.54, 1.807) is 22.3 Å². The van der Waals surface area contributed by atoms with Gasteiger partial charge in [-0.15, -0.1) is 11.3 Å². The van der Waals surface area contributed by atoms with Crippen LogP contribution in [0.25, 0.3) is 0 Å². The van der Waals surface area contributed by atoms with Crippen LogP contribution >= 0.6 is 11.3 Å². The maximum atomic E-state index is 4.20. The van der Waals surface area contributed by atoms with Crippen molar-refractivity contribution in [3.05, 3.63) is 34.0 Å². The Labute approximate surface area is 93.0 Å². The van der Waals surface area contributed by atoms with Crippen LogP contribution in [-0.2, 0) is 20.1 Å². The second kappa shape index (κ2) is 4.55. The topological polar surface area (TPSA) is 42.7 Å². The van der Waals surface area contributed by atoms with Gasteiger partial charge in [-0.25, -0.2) is 4.98 Å². The third-order valence-electron chi connectivity index (χ3n) is 2.18. The van der Waals surface area contributed by atoms with E-state index in [9.17, 15) is 0 Å². The van der Waals surface area contributed by atoms with Crippen molar-refractivity contribution in [2.75, 3.05) is 0 Å². The zero-order chi connectivity index (χ0) is 10.7. The molecule has 2 rings (SSSR count). The van der Waals surface area contributed by atoms with Crippen LogP contribution in [0.4, 0.5) is 0 Å². The highest BCUT2D eigenvalue weighted by molar-refractivity contribution is 7.10. The summed E-state index contributed by atoms with van der Waals surface area (Å²) in [5.74, 6) is 0.840. The number of aryl methyl sites for hydroxylation is 2. The Morgan fingerprint density at radius 3 is 2.93 bits per heavy atom. The minimum Gasteiger partial charge on any atom is -0.305 e. The number of hydrogen-bond donors (Lipinski definition) is 1. The molecule has 5 heteroatoms. The maximum Gasteiger partial charge on any atom is 0.164 e. The van der Waals surface area contributed by atoms with Gasteiger partial charge >= 0.3 is 0 Å². The van der Waals surface area contributed by atoms with Crippen molar-refractivity contribution < 1.29 is 0 Å². The number of rotatable bonds is 4. The molecule has 0 amide bonds. The monoisotopic (exact) mass is 222 g/mol. The van der Waals surface area contributed by atoms with Gasteiger partial charge in [0.05, 0.1) is 6.54 Å². The van der Waals surface area contributed by atoms with Crippen molar-refractivity contribution in [3.63, 3.8) is 0 Å². The second-order valence-electron chi connectivity index (χ2n) is 3.46. The molecule has 0 aliphatic heterocycles. The van der Waals surface area contributed by atoms with E-state index in [0.29, 0.717) is 0 Å². The van der Waals surface area contributed by atoms with Crippen molar-refractivity contribution in [1.82, 2.24) is 20.1 Å². The molecule has 0 saturated carbocycles. The van der Waals surface area contributed by atoms with Crippen molar-refractivity contribution in [1.29, 1.82) is 0 Å². The Morgan fingerprint density at radius 1 is 1.47 bits per heavy atom. The summed E-state index contributed by atoms with van der Waals surface area (Å²) in [6.07, 6.45) is 1.72. The maximum absolute atomic E-state index is 4.20. The predicted molar refractivity (Wildman–Crippen MR) is 60.6 cm³/mol. The third kappa shape index (κ3) is 2.64. The Bertz CT molecular complexity index is 432. The average molecular weight is 222 g/mol. The lowest BCUT2D eigenvalue weighted by molar-refractivity contribution is 0.652. The van der Waals surface area contributed by atoms with Crippen molar-refractivity contribution >= 4 is 11.3 Å². The van der Waals surface area contributed by atoms with Crippen LogP contribution < -0.4 is 5.32 Å². The van der Waals surface area contributed by atoms with Gasteiger partial charge in [-0.05, 0) is 23.9 Å². The predicted octanol–water partition coefficient (Wildman–Crippen LogP) is 1.47. The van der Waals surface area contributed by atoms with Crippen molar-refractivity contribution in [2.45, 2.75) is 20.0 Å². The largest absolute Gasteiger partial charge is 0.305 e. The molecule has 0 fully saturated rings. The van der Waals surface area contributed by atoms with Crippen LogP contribution in [-0.4, -0.2) is 14.8 Å². The van der Waals surface area contributed by atoms with Crippen molar-refractivity contribution in [3.8, 4) is 0 Å². The molecule has 0 aromatic carbocycles. The summed E-state index contributed by atoms with van der Waals surface area (Å²) < 4.78 is 1.72. The minimum absolute atomic E-state index is 0.720. The summed E-state index contributed by atoms with van der Waals surface area (Å²) in [7, 11) is 1.87. The molecule has 1 N–H and O–H groups in total. The van der Waals surface area contributed by atoms with Crippen LogP contribution in [0.5, 0.6) is 0 Å².